The van der Waals surface area contributed by atoms with Gasteiger partial charge in [0.2, 0.25) is 5.95 Å². The van der Waals surface area contributed by atoms with Crippen LogP contribution in [0.25, 0.3) is 22.4 Å². The molecule has 0 radical (unpaired) electrons. The van der Waals surface area contributed by atoms with Crippen LogP contribution in [0.5, 0.6) is 0 Å². The molecule has 4 rings (SSSR count). The first-order valence-electron chi connectivity index (χ1n) is 10.8. The molecule has 2 aromatic carbocycles. The molecule has 1 saturated heterocycles. The molecule has 1 aliphatic rings. The highest BCUT2D eigenvalue weighted by atomic mass is 19.1. The standard InChI is InChI=1S/C25H26FN5O2/c1-30-24(32)22(17-5-3-16(4-6-17)15-33-2)23(18-7-8-19(14-27)21(26)13-18)29-25(30)31-11-9-20(28)10-12-31/h3-8,13,20H,9-12,15,28H2,1-2H3. The van der Waals surface area contributed by atoms with Crippen molar-refractivity contribution in [1.82, 2.24) is 9.55 Å². The Morgan fingerprint density at radius 3 is 2.45 bits per heavy atom. The van der Waals surface area contributed by atoms with E-state index < -0.39 is 5.82 Å². The molecule has 0 aliphatic carbocycles. The summed E-state index contributed by atoms with van der Waals surface area (Å²) in [5.74, 6) is -0.129. The van der Waals surface area contributed by atoms with Crippen LogP contribution in [0.1, 0.15) is 24.0 Å². The number of anilines is 1. The second kappa shape index (κ2) is 9.53. The number of hydrogen-bond acceptors (Lipinski definition) is 6. The van der Waals surface area contributed by atoms with Gasteiger partial charge in [0.05, 0.1) is 23.4 Å². The molecule has 0 atom stereocenters. The third-order valence-electron chi connectivity index (χ3n) is 6.01. The third-order valence-corrected chi connectivity index (χ3v) is 6.01. The predicted molar refractivity (Wildman–Crippen MR) is 125 cm³/mol. The topological polar surface area (TPSA) is 97.2 Å². The van der Waals surface area contributed by atoms with Gasteiger partial charge in [-0.25, -0.2) is 9.37 Å². The Morgan fingerprint density at radius 1 is 1.18 bits per heavy atom. The molecule has 8 heteroatoms. The molecule has 0 spiro atoms. The highest BCUT2D eigenvalue weighted by molar-refractivity contribution is 5.81. The van der Waals surface area contributed by atoms with Gasteiger partial charge in [0.15, 0.2) is 0 Å². The average molecular weight is 448 g/mol. The van der Waals surface area contributed by atoms with Crippen molar-refractivity contribution in [3.05, 3.63) is 69.8 Å². The number of rotatable bonds is 5. The van der Waals surface area contributed by atoms with Gasteiger partial charge in [-0.15, -0.1) is 0 Å². The minimum atomic E-state index is -0.649. The molecule has 170 valence electrons. The van der Waals surface area contributed by atoms with E-state index in [4.69, 9.17) is 20.7 Å². The van der Waals surface area contributed by atoms with E-state index in [2.05, 4.69) is 0 Å². The molecule has 2 heterocycles. The molecule has 1 aromatic heterocycles. The smallest absolute Gasteiger partial charge is 0.263 e. The molecule has 7 nitrogen and oxygen atoms in total. The van der Waals surface area contributed by atoms with Gasteiger partial charge in [0.1, 0.15) is 11.9 Å². The maximum atomic E-state index is 14.5. The first kappa shape index (κ1) is 22.6. The van der Waals surface area contributed by atoms with Crippen molar-refractivity contribution in [3.63, 3.8) is 0 Å². The first-order valence-corrected chi connectivity index (χ1v) is 10.8. The van der Waals surface area contributed by atoms with Crippen molar-refractivity contribution in [2.24, 2.45) is 12.8 Å². The zero-order valence-corrected chi connectivity index (χ0v) is 18.7. The lowest BCUT2D eigenvalue weighted by Crippen LogP contribution is -2.42. The van der Waals surface area contributed by atoms with E-state index in [1.165, 1.54) is 12.1 Å². The number of aromatic nitrogens is 2. The third kappa shape index (κ3) is 4.51. The summed E-state index contributed by atoms with van der Waals surface area (Å²) in [6.45, 7) is 1.83. The lowest BCUT2D eigenvalue weighted by atomic mass is 9.98. The van der Waals surface area contributed by atoms with Gasteiger partial charge in [0.25, 0.3) is 5.56 Å². The average Bonchev–Trinajstić information content (AvgIpc) is 2.82. The van der Waals surface area contributed by atoms with Crippen LogP contribution in [0.4, 0.5) is 10.3 Å². The number of piperidine rings is 1. The summed E-state index contributed by atoms with van der Waals surface area (Å²) >= 11 is 0. The first-order chi connectivity index (χ1) is 15.9. The summed E-state index contributed by atoms with van der Waals surface area (Å²) in [5, 5.41) is 9.11. The van der Waals surface area contributed by atoms with E-state index in [1.807, 2.05) is 35.2 Å². The molecule has 0 saturated carbocycles. The fourth-order valence-electron chi connectivity index (χ4n) is 4.13. The van der Waals surface area contributed by atoms with E-state index in [0.29, 0.717) is 48.0 Å². The maximum absolute atomic E-state index is 14.5. The highest BCUT2D eigenvalue weighted by Crippen LogP contribution is 2.31. The van der Waals surface area contributed by atoms with Crippen LogP contribution in [0, 0.1) is 17.1 Å². The molecule has 3 aromatic rings. The Kier molecular flexibility index (Phi) is 6.54. The zero-order chi connectivity index (χ0) is 23.5. The molecular formula is C25H26FN5O2. The monoisotopic (exact) mass is 447 g/mol. The van der Waals surface area contributed by atoms with Gasteiger partial charge < -0.3 is 15.4 Å². The van der Waals surface area contributed by atoms with Gasteiger partial charge >= 0.3 is 0 Å². The normalized spacial score (nSPS) is 14.3. The summed E-state index contributed by atoms with van der Waals surface area (Å²) in [7, 11) is 3.32. The second-order valence-corrected chi connectivity index (χ2v) is 8.26. The largest absolute Gasteiger partial charge is 0.380 e. The van der Waals surface area contributed by atoms with E-state index in [9.17, 15) is 9.18 Å². The summed E-state index contributed by atoms with van der Waals surface area (Å²) in [6, 6.07) is 13.7. The number of nitrogens with two attached hydrogens (primary N) is 1. The van der Waals surface area contributed by atoms with Crippen LogP contribution < -0.4 is 16.2 Å². The Morgan fingerprint density at radius 2 is 1.85 bits per heavy atom. The van der Waals surface area contributed by atoms with E-state index in [-0.39, 0.29) is 17.2 Å². The van der Waals surface area contributed by atoms with Crippen molar-refractivity contribution in [2.75, 3.05) is 25.1 Å². The summed E-state index contributed by atoms with van der Waals surface area (Å²) in [6.07, 6.45) is 1.61. The van der Waals surface area contributed by atoms with Gasteiger partial charge in [-0.2, -0.15) is 5.26 Å². The summed E-state index contributed by atoms with van der Waals surface area (Å²) < 4.78 is 21.2. The Bertz CT molecular complexity index is 1260. The molecule has 33 heavy (non-hydrogen) atoms. The Labute approximate surface area is 191 Å². The second-order valence-electron chi connectivity index (χ2n) is 8.26. The fraction of sp³-hybridized carbons (Fsp3) is 0.320. The maximum Gasteiger partial charge on any atom is 0.263 e. The fourth-order valence-corrected chi connectivity index (χ4v) is 4.13. The molecule has 0 bridgehead atoms. The lowest BCUT2D eigenvalue weighted by Gasteiger charge is -2.32. The minimum absolute atomic E-state index is 0.0571. The number of methoxy groups -OCH3 is 1. The van der Waals surface area contributed by atoms with Crippen molar-refractivity contribution in [3.8, 4) is 28.5 Å². The molecule has 0 unspecified atom stereocenters. The molecule has 1 fully saturated rings. The molecule has 2 N–H and O–H groups in total. The highest BCUT2D eigenvalue weighted by Gasteiger charge is 2.24. The van der Waals surface area contributed by atoms with Crippen LogP contribution in [-0.4, -0.2) is 35.8 Å². The van der Waals surface area contributed by atoms with Crippen LogP contribution in [-0.2, 0) is 18.4 Å². The number of nitrogens with zero attached hydrogens (tertiary/aromatic N) is 4. The van der Waals surface area contributed by atoms with Crippen molar-refractivity contribution < 1.29 is 9.13 Å². The van der Waals surface area contributed by atoms with Gasteiger partial charge in [-0.1, -0.05) is 30.3 Å². The van der Waals surface area contributed by atoms with Gasteiger partial charge in [0, 0.05) is 38.9 Å². The van der Waals surface area contributed by atoms with E-state index >= 15 is 0 Å². The summed E-state index contributed by atoms with van der Waals surface area (Å²) in [5.41, 5.74) is 8.61. The van der Waals surface area contributed by atoms with E-state index in [0.717, 1.165) is 18.4 Å². The number of benzene rings is 2. The van der Waals surface area contributed by atoms with Crippen molar-refractivity contribution in [2.45, 2.75) is 25.5 Å². The number of ether oxygens (including phenoxy) is 1. The molecule has 1 aliphatic heterocycles. The predicted octanol–water partition coefficient (Wildman–Crippen LogP) is 3.20. The number of nitriles is 1. The molecule has 0 amide bonds. The van der Waals surface area contributed by atoms with Crippen LogP contribution >= 0.6 is 0 Å². The summed E-state index contributed by atoms with van der Waals surface area (Å²) in [4.78, 5) is 20.5. The van der Waals surface area contributed by atoms with Crippen LogP contribution in [0.3, 0.4) is 0 Å². The SMILES string of the molecule is COCc1ccc(-c2c(-c3ccc(C#N)c(F)c3)nc(N3CCC(N)CC3)n(C)c2=O)cc1. The van der Waals surface area contributed by atoms with Gasteiger partial charge in [-0.05, 0) is 36.1 Å². The molecular weight excluding hydrogens is 421 g/mol. The Hall–Kier alpha value is -3.54. The number of hydrogen-bond donors (Lipinski definition) is 1. The lowest BCUT2D eigenvalue weighted by molar-refractivity contribution is 0.185. The number of halogens is 1. The Balaban J connectivity index is 1.91. The van der Waals surface area contributed by atoms with E-state index in [1.54, 1.807) is 24.8 Å². The van der Waals surface area contributed by atoms with Gasteiger partial charge in [-0.3, -0.25) is 9.36 Å². The minimum Gasteiger partial charge on any atom is -0.380 e. The zero-order valence-electron chi connectivity index (χ0n) is 18.7. The van der Waals surface area contributed by atoms with Crippen LogP contribution in [0.15, 0.2) is 47.3 Å². The van der Waals surface area contributed by atoms with Crippen molar-refractivity contribution in [1.29, 1.82) is 5.26 Å². The van der Waals surface area contributed by atoms with Crippen molar-refractivity contribution >= 4 is 5.95 Å². The van der Waals surface area contributed by atoms with Crippen LogP contribution in [0.2, 0.25) is 0 Å². The quantitative estimate of drug-likeness (QED) is 0.645.